The minimum absolute atomic E-state index is 0.00555. The van der Waals surface area contributed by atoms with Crippen molar-refractivity contribution in [2.45, 2.75) is 57.3 Å². The smallest absolute Gasteiger partial charge is 0.326 e. The molecule has 3 fully saturated rings. The first-order valence-electron chi connectivity index (χ1n) is 8.47. The SMILES string of the molecule is CCCC(NC(=O)CCN1C(=O)C2C3CCC(O3)C2C1=O)C(=O)O. The van der Waals surface area contributed by atoms with Crippen molar-refractivity contribution >= 4 is 23.7 Å². The number of rotatable bonds is 7. The Morgan fingerprint density at radius 1 is 1.25 bits per heavy atom. The summed E-state index contributed by atoms with van der Waals surface area (Å²) in [6, 6.07) is -0.934. The number of ether oxygens (including phenoxy) is 1. The largest absolute Gasteiger partial charge is 0.480 e. The summed E-state index contributed by atoms with van der Waals surface area (Å²) in [7, 11) is 0. The molecule has 0 aromatic carbocycles. The van der Waals surface area contributed by atoms with Gasteiger partial charge in [-0.15, -0.1) is 0 Å². The van der Waals surface area contributed by atoms with Crippen molar-refractivity contribution in [2.75, 3.05) is 6.54 Å². The first-order valence-corrected chi connectivity index (χ1v) is 8.47. The van der Waals surface area contributed by atoms with Gasteiger partial charge in [0.1, 0.15) is 6.04 Å². The van der Waals surface area contributed by atoms with E-state index >= 15 is 0 Å². The lowest BCUT2D eigenvalue weighted by Crippen LogP contribution is -2.43. The van der Waals surface area contributed by atoms with E-state index in [0.29, 0.717) is 12.8 Å². The average Bonchev–Trinajstić information content (AvgIpc) is 3.20. The Hall–Kier alpha value is -1.96. The number of hydrogen-bond acceptors (Lipinski definition) is 5. The van der Waals surface area contributed by atoms with Crippen molar-refractivity contribution in [1.82, 2.24) is 10.2 Å². The lowest BCUT2D eigenvalue weighted by atomic mass is 9.81. The molecule has 132 valence electrons. The number of carboxylic acid groups (broad SMARTS) is 1. The maximum absolute atomic E-state index is 12.4. The molecule has 0 aromatic rings. The molecule has 0 aromatic heterocycles. The normalized spacial score (nSPS) is 32.1. The summed E-state index contributed by atoms with van der Waals surface area (Å²) < 4.78 is 5.65. The van der Waals surface area contributed by atoms with Gasteiger partial charge in [0.05, 0.1) is 24.0 Å². The van der Waals surface area contributed by atoms with Crippen LogP contribution < -0.4 is 5.32 Å². The topological polar surface area (TPSA) is 113 Å². The van der Waals surface area contributed by atoms with E-state index in [-0.39, 0.29) is 37.0 Å². The second-order valence-electron chi connectivity index (χ2n) is 6.67. The average molecular weight is 338 g/mol. The van der Waals surface area contributed by atoms with Gasteiger partial charge in [-0.2, -0.15) is 0 Å². The van der Waals surface area contributed by atoms with Crippen molar-refractivity contribution in [3.63, 3.8) is 0 Å². The molecule has 3 rings (SSSR count). The number of amides is 3. The van der Waals surface area contributed by atoms with Crippen molar-refractivity contribution in [1.29, 1.82) is 0 Å². The zero-order valence-electron chi connectivity index (χ0n) is 13.6. The van der Waals surface area contributed by atoms with Crippen LogP contribution in [0.5, 0.6) is 0 Å². The zero-order valence-corrected chi connectivity index (χ0v) is 13.6. The van der Waals surface area contributed by atoms with Gasteiger partial charge in [0.2, 0.25) is 17.7 Å². The van der Waals surface area contributed by atoms with E-state index in [9.17, 15) is 19.2 Å². The van der Waals surface area contributed by atoms with Crippen LogP contribution in [0.3, 0.4) is 0 Å². The fraction of sp³-hybridized carbons (Fsp3) is 0.750. The minimum Gasteiger partial charge on any atom is -0.480 e. The number of fused-ring (bicyclic) bond motifs is 5. The van der Waals surface area contributed by atoms with E-state index in [2.05, 4.69) is 5.32 Å². The lowest BCUT2D eigenvalue weighted by molar-refractivity contribution is -0.144. The summed E-state index contributed by atoms with van der Waals surface area (Å²) in [5.41, 5.74) is 0. The van der Waals surface area contributed by atoms with Crippen LogP contribution in [0, 0.1) is 11.8 Å². The first kappa shape index (κ1) is 16.9. The molecule has 0 saturated carbocycles. The van der Waals surface area contributed by atoms with Crippen LogP contribution in [0.1, 0.15) is 39.0 Å². The molecule has 5 unspecified atom stereocenters. The van der Waals surface area contributed by atoms with Crippen molar-refractivity contribution in [2.24, 2.45) is 11.8 Å². The monoisotopic (exact) mass is 338 g/mol. The Morgan fingerprint density at radius 2 is 1.83 bits per heavy atom. The molecule has 0 radical (unpaired) electrons. The highest BCUT2D eigenvalue weighted by Crippen LogP contribution is 2.48. The Bertz CT molecular complexity index is 549. The predicted octanol–water partition coefficient (Wildman–Crippen LogP) is -0.0916. The Balaban J connectivity index is 1.55. The van der Waals surface area contributed by atoms with E-state index in [0.717, 1.165) is 17.7 Å². The van der Waals surface area contributed by atoms with Gasteiger partial charge in [-0.05, 0) is 19.3 Å². The maximum Gasteiger partial charge on any atom is 0.326 e. The van der Waals surface area contributed by atoms with Crippen LogP contribution in [0.15, 0.2) is 0 Å². The molecule has 2 N–H and O–H groups in total. The highest BCUT2D eigenvalue weighted by atomic mass is 16.5. The summed E-state index contributed by atoms with van der Waals surface area (Å²) >= 11 is 0. The Labute approximate surface area is 139 Å². The van der Waals surface area contributed by atoms with Crippen LogP contribution in [0.25, 0.3) is 0 Å². The summed E-state index contributed by atoms with van der Waals surface area (Å²) in [5.74, 6) is -2.85. The molecule has 3 heterocycles. The van der Waals surface area contributed by atoms with Crippen LogP contribution in [-0.2, 0) is 23.9 Å². The number of carbonyl (C=O) groups excluding carboxylic acids is 3. The zero-order chi connectivity index (χ0) is 17.4. The van der Waals surface area contributed by atoms with Crippen LogP contribution in [0.2, 0.25) is 0 Å². The molecular weight excluding hydrogens is 316 g/mol. The Morgan fingerprint density at radius 3 is 2.33 bits per heavy atom. The number of likely N-dealkylation sites (tertiary alicyclic amines) is 1. The number of aliphatic carboxylic acids is 1. The van der Waals surface area contributed by atoms with Gasteiger partial charge in [-0.3, -0.25) is 19.3 Å². The summed E-state index contributed by atoms with van der Waals surface area (Å²) in [4.78, 5) is 49.0. The molecule has 8 heteroatoms. The fourth-order valence-electron chi connectivity index (χ4n) is 4.02. The number of nitrogens with one attached hydrogen (secondary N) is 1. The predicted molar refractivity (Wildman–Crippen MR) is 80.7 cm³/mol. The second kappa shape index (κ2) is 6.51. The quantitative estimate of drug-likeness (QED) is 0.627. The third kappa shape index (κ3) is 2.79. The minimum atomic E-state index is -1.08. The third-order valence-corrected chi connectivity index (χ3v) is 5.15. The van der Waals surface area contributed by atoms with Crippen molar-refractivity contribution in [3.8, 4) is 0 Å². The molecule has 0 aliphatic carbocycles. The van der Waals surface area contributed by atoms with E-state index in [1.165, 1.54) is 0 Å². The molecular formula is C16H22N2O6. The van der Waals surface area contributed by atoms with Gasteiger partial charge < -0.3 is 15.2 Å². The summed E-state index contributed by atoms with van der Waals surface area (Å²) in [6.07, 6.45) is 2.15. The number of hydrogen-bond donors (Lipinski definition) is 2. The molecule has 3 aliphatic heterocycles. The van der Waals surface area contributed by atoms with Crippen LogP contribution in [0.4, 0.5) is 0 Å². The van der Waals surface area contributed by atoms with Crippen LogP contribution in [-0.4, -0.2) is 58.5 Å². The molecule has 3 aliphatic rings. The third-order valence-electron chi connectivity index (χ3n) is 5.15. The second-order valence-corrected chi connectivity index (χ2v) is 6.67. The van der Waals surface area contributed by atoms with Gasteiger partial charge in [-0.25, -0.2) is 4.79 Å². The van der Waals surface area contributed by atoms with Gasteiger partial charge in [0, 0.05) is 13.0 Å². The van der Waals surface area contributed by atoms with Gasteiger partial charge in [0.15, 0.2) is 0 Å². The molecule has 3 amide bonds. The molecule has 3 saturated heterocycles. The highest BCUT2D eigenvalue weighted by Gasteiger charge is 2.62. The van der Waals surface area contributed by atoms with Gasteiger partial charge in [0.25, 0.3) is 0 Å². The summed E-state index contributed by atoms with van der Waals surface area (Å²) in [6.45, 7) is 1.83. The maximum atomic E-state index is 12.4. The van der Waals surface area contributed by atoms with Gasteiger partial charge >= 0.3 is 5.97 Å². The van der Waals surface area contributed by atoms with E-state index in [1.54, 1.807) is 0 Å². The molecule has 2 bridgehead atoms. The standard InChI is InChI=1S/C16H22N2O6/c1-2-3-8(16(22)23)17-11(19)6-7-18-14(20)12-9-4-5-10(24-9)13(12)15(18)21/h8-10,12-13H,2-7H2,1H3,(H,17,19)(H,22,23). The van der Waals surface area contributed by atoms with E-state index in [4.69, 9.17) is 9.84 Å². The summed E-state index contributed by atoms with van der Waals surface area (Å²) in [5, 5.41) is 11.5. The molecule has 24 heavy (non-hydrogen) atoms. The lowest BCUT2D eigenvalue weighted by Gasteiger charge is -2.18. The van der Waals surface area contributed by atoms with Crippen molar-refractivity contribution in [3.05, 3.63) is 0 Å². The van der Waals surface area contributed by atoms with Crippen molar-refractivity contribution < 1.29 is 29.0 Å². The number of carbonyl (C=O) groups is 4. The first-order chi connectivity index (χ1) is 11.4. The number of imide groups is 1. The molecule has 0 spiro atoms. The number of nitrogens with zero attached hydrogens (tertiary/aromatic N) is 1. The molecule has 5 atom stereocenters. The fourth-order valence-corrected chi connectivity index (χ4v) is 4.02. The van der Waals surface area contributed by atoms with E-state index in [1.807, 2.05) is 6.92 Å². The highest BCUT2D eigenvalue weighted by molar-refractivity contribution is 6.06. The Kier molecular flexibility index (Phi) is 4.58. The van der Waals surface area contributed by atoms with E-state index < -0.39 is 29.8 Å². The number of carboxylic acids is 1. The van der Waals surface area contributed by atoms with Gasteiger partial charge in [-0.1, -0.05) is 13.3 Å². The van der Waals surface area contributed by atoms with Crippen LogP contribution >= 0.6 is 0 Å². The molecule has 8 nitrogen and oxygen atoms in total.